The topological polar surface area (TPSA) is 73.8 Å². The van der Waals surface area contributed by atoms with Crippen molar-refractivity contribution in [3.05, 3.63) is 61.9 Å². The predicted octanol–water partition coefficient (Wildman–Crippen LogP) is 4.96. The van der Waals surface area contributed by atoms with Gasteiger partial charge in [-0.3, -0.25) is 9.36 Å². The van der Waals surface area contributed by atoms with Gasteiger partial charge in [0.15, 0.2) is 5.16 Å². The minimum Gasteiger partial charge on any atom is -0.424 e. The summed E-state index contributed by atoms with van der Waals surface area (Å²) in [7, 11) is 0. The number of fused-ring (bicyclic) bond motifs is 1. The summed E-state index contributed by atoms with van der Waals surface area (Å²) in [4.78, 5) is 20.0. The zero-order valence-corrected chi connectivity index (χ0v) is 17.9. The van der Waals surface area contributed by atoms with E-state index in [1.807, 2.05) is 32.9 Å². The molecular formula is C19H17ClN4O2S2. The Balaban J connectivity index is 1.84. The second-order valence-electron chi connectivity index (χ2n) is 6.21. The van der Waals surface area contributed by atoms with E-state index in [0.717, 1.165) is 15.3 Å². The minimum absolute atomic E-state index is 0.0866. The first-order chi connectivity index (χ1) is 13.5. The van der Waals surface area contributed by atoms with Crippen LogP contribution >= 0.6 is 34.7 Å². The maximum Gasteiger partial charge on any atom is 0.267 e. The first kappa shape index (κ1) is 19.2. The molecule has 4 aromatic rings. The number of aryl methyl sites for hydroxylation is 3. The Morgan fingerprint density at radius 1 is 1.18 bits per heavy atom. The molecule has 0 spiro atoms. The molecule has 0 saturated heterocycles. The quantitative estimate of drug-likeness (QED) is 0.328. The van der Waals surface area contributed by atoms with Crippen molar-refractivity contribution in [1.82, 2.24) is 19.7 Å². The molecule has 0 saturated carbocycles. The highest BCUT2D eigenvalue weighted by atomic mass is 35.5. The summed E-state index contributed by atoms with van der Waals surface area (Å²) in [6.45, 7) is 5.92. The van der Waals surface area contributed by atoms with Gasteiger partial charge in [0, 0.05) is 16.3 Å². The van der Waals surface area contributed by atoms with Crippen LogP contribution in [0.5, 0.6) is 0 Å². The third-order valence-corrected chi connectivity index (χ3v) is 6.67. The molecule has 0 fully saturated rings. The monoisotopic (exact) mass is 432 g/mol. The van der Waals surface area contributed by atoms with Crippen LogP contribution in [0.25, 0.3) is 15.9 Å². The van der Waals surface area contributed by atoms with Gasteiger partial charge in [0.05, 0.1) is 16.8 Å². The molecule has 3 aromatic heterocycles. The van der Waals surface area contributed by atoms with Gasteiger partial charge in [0.2, 0.25) is 11.8 Å². The number of nitrogens with zero attached hydrogens (tertiary/aromatic N) is 4. The van der Waals surface area contributed by atoms with Gasteiger partial charge in [0.25, 0.3) is 5.56 Å². The Hall–Kier alpha value is -2.16. The SMILES string of the molecule is CCc1nnc(CSc2nc3sc(C)c(C)c3c(=O)n2-c2ccc(Cl)cc2)o1. The lowest BCUT2D eigenvalue weighted by Crippen LogP contribution is -2.21. The second-order valence-corrected chi connectivity index (χ2v) is 8.79. The Morgan fingerprint density at radius 2 is 1.89 bits per heavy atom. The Kier molecular flexibility index (Phi) is 5.27. The van der Waals surface area contributed by atoms with Crippen LogP contribution in [0, 0.1) is 13.8 Å². The summed E-state index contributed by atoms with van der Waals surface area (Å²) in [6.07, 6.45) is 0.686. The van der Waals surface area contributed by atoms with Crippen LogP contribution in [0.1, 0.15) is 29.1 Å². The van der Waals surface area contributed by atoms with Crippen LogP contribution in [0.3, 0.4) is 0 Å². The average molecular weight is 433 g/mol. The van der Waals surface area contributed by atoms with Gasteiger partial charge in [-0.15, -0.1) is 21.5 Å². The van der Waals surface area contributed by atoms with E-state index in [2.05, 4.69) is 10.2 Å². The summed E-state index contributed by atoms with van der Waals surface area (Å²) in [5.74, 6) is 1.54. The largest absolute Gasteiger partial charge is 0.424 e. The van der Waals surface area contributed by atoms with Crippen molar-refractivity contribution in [2.24, 2.45) is 0 Å². The van der Waals surface area contributed by atoms with Crippen LogP contribution < -0.4 is 5.56 Å². The van der Waals surface area contributed by atoms with E-state index in [9.17, 15) is 4.79 Å². The highest BCUT2D eigenvalue weighted by molar-refractivity contribution is 7.98. The lowest BCUT2D eigenvalue weighted by atomic mass is 10.2. The molecule has 0 aliphatic carbocycles. The first-order valence-electron chi connectivity index (χ1n) is 8.70. The van der Waals surface area contributed by atoms with E-state index in [1.165, 1.54) is 23.1 Å². The zero-order valence-electron chi connectivity index (χ0n) is 15.5. The molecule has 0 amide bonds. The van der Waals surface area contributed by atoms with Gasteiger partial charge in [-0.1, -0.05) is 30.3 Å². The lowest BCUT2D eigenvalue weighted by Gasteiger charge is -2.11. The van der Waals surface area contributed by atoms with Crippen LogP contribution in [0.2, 0.25) is 5.02 Å². The third kappa shape index (κ3) is 3.47. The van der Waals surface area contributed by atoms with Crippen LogP contribution in [0.4, 0.5) is 0 Å². The molecule has 0 bridgehead atoms. The maximum absolute atomic E-state index is 13.4. The molecule has 144 valence electrons. The molecule has 0 radical (unpaired) electrons. The standard InChI is InChI=1S/C19H17ClN4O2S2/c1-4-14-22-23-15(26-14)9-27-19-21-17-16(10(2)11(3)28-17)18(25)24(19)13-7-5-12(20)6-8-13/h5-8H,4,9H2,1-3H3. The van der Waals surface area contributed by atoms with Crippen LogP contribution in [-0.4, -0.2) is 19.7 Å². The molecule has 9 heteroatoms. The lowest BCUT2D eigenvalue weighted by molar-refractivity contribution is 0.469. The fourth-order valence-corrected chi connectivity index (χ4v) is 4.85. The van der Waals surface area contributed by atoms with E-state index in [4.69, 9.17) is 21.0 Å². The van der Waals surface area contributed by atoms with Gasteiger partial charge in [-0.05, 0) is 43.7 Å². The van der Waals surface area contributed by atoms with E-state index in [0.29, 0.717) is 45.2 Å². The fraction of sp³-hybridized carbons (Fsp3) is 0.263. The van der Waals surface area contributed by atoms with Crippen LogP contribution in [-0.2, 0) is 12.2 Å². The number of aromatic nitrogens is 4. The van der Waals surface area contributed by atoms with E-state index < -0.39 is 0 Å². The number of thiophene rings is 1. The number of thioether (sulfide) groups is 1. The van der Waals surface area contributed by atoms with Crippen molar-refractivity contribution in [1.29, 1.82) is 0 Å². The molecule has 28 heavy (non-hydrogen) atoms. The van der Waals surface area contributed by atoms with E-state index in [1.54, 1.807) is 16.7 Å². The van der Waals surface area contributed by atoms with Crippen molar-refractivity contribution in [2.45, 2.75) is 38.1 Å². The molecule has 4 rings (SSSR count). The highest BCUT2D eigenvalue weighted by Crippen LogP contribution is 2.30. The van der Waals surface area contributed by atoms with E-state index >= 15 is 0 Å². The average Bonchev–Trinajstić information content (AvgIpc) is 3.25. The molecule has 0 unspecified atom stereocenters. The van der Waals surface area contributed by atoms with Gasteiger partial charge in [0.1, 0.15) is 4.83 Å². The normalized spacial score (nSPS) is 11.4. The van der Waals surface area contributed by atoms with Gasteiger partial charge < -0.3 is 4.42 Å². The van der Waals surface area contributed by atoms with Crippen LogP contribution in [0.15, 0.2) is 38.6 Å². The molecule has 1 aromatic carbocycles. The van der Waals surface area contributed by atoms with Gasteiger partial charge in [-0.2, -0.15) is 0 Å². The Bertz CT molecular complexity index is 1210. The van der Waals surface area contributed by atoms with Crippen molar-refractivity contribution < 1.29 is 4.42 Å². The fourth-order valence-electron chi connectivity index (χ4n) is 2.81. The Labute approximate surface area is 174 Å². The Morgan fingerprint density at radius 3 is 2.57 bits per heavy atom. The number of benzene rings is 1. The number of rotatable bonds is 5. The van der Waals surface area contributed by atoms with Crippen molar-refractivity contribution in [3.63, 3.8) is 0 Å². The van der Waals surface area contributed by atoms with Crippen molar-refractivity contribution in [3.8, 4) is 5.69 Å². The molecule has 3 heterocycles. The summed E-state index contributed by atoms with van der Waals surface area (Å²) < 4.78 is 7.21. The second kappa shape index (κ2) is 7.69. The maximum atomic E-state index is 13.4. The molecular weight excluding hydrogens is 416 g/mol. The smallest absolute Gasteiger partial charge is 0.267 e. The predicted molar refractivity (Wildman–Crippen MR) is 113 cm³/mol. The minimum atomic E-state index is -0.0866. The summed E-state index contributed by atoms with van der Waals surface area (Å²) in [5.41, 5.74) is 1.60. The molecule has 0 atom stereocenters. The molecule has 0 aliphatic heterocycles. The molecule has 6 nitrogen and oxygen atoms in total. The number of hydrogen-bond acceptors (Lipinski definition) is 7. The summed E-state index contributed by atoms with van der Waals surface area (Å²) in [6, 6.07) is 7.16. The van der Waals surface area contributed by atoms with Gasteiger partial charge in [-0.25, -0.2) is 4.98 Å². The third-order valence-electron chi connectivity index (χ3n) is 4.39. The first-order valence-corrected chi connectivity index (χ1v) is 10.9. The summed E-state index contributed by atoms with van der Waals surface area (Å²) >= 11 is 8.95. The number of halogens is 1. The van der Waals surface area contributed by atoms with Crippen molar-refractivity contribution >= 4 is 44.9 Å². The van der Waals surface area contributed by atoms with E-state index in [-0.39, 0.29) is 5.56 Å². The summed E-state index contributed by atoms with van der Waals surface area (Å²) in [5, 5.41) is 9.89. The number of hydrogen-bond donors (Lipinski definition) is 0. The molecule has 0 N–H and O–H groups in total. The molecule has 0 aliphatic rings. The highest BCUT2D eigenvalue weighted by Gasteiger charge is 2.19. The zero-order chi connectivity index (χ0) is 19.8. The van der Waals surface area contributed by atoms with Gasteiger partial charge >= 0.3 is 0 Å². The van der Waals surface area contributed by atoms with Crippen molar-refractivity contribution in [2.75, 3.05) is 0 Å².